The molecule has 0 atom stereocenters. The highest BCUT2D eigenvalue weighted by atomic mass is 35.5. The van der Waals surface area contributed by atoms with Crippen molar-refractivity contribution in [1.29, 1.82) is 0 Å². The van der Waals surface area contributed by atoms with Crippen LogP contribution in [0.15, 0.2) is 42.0 Å². The van der Waals surface area contributed by atoms with Crippen LogP contribution in [0.5, 0.6) is 5.75 Å². The number of halogens is 3. The molecule has 0 aliphatic heterocycles. The number of rotatable bonds is 4. The van der Waals surface area contributed by atoms with Crippen molar-refractivity contribution in [3.63, 3.8) is 0 Å². The lowest BCUT2D eigenvalue weighted by Crippen LogP contribution is -2.00. The maximum atomic E-state index is 6.26. The minimum atomic E-state index is 0.213. The van der Waals surface area contributed by atoms with Gasteiger partial charge in [-0.05, 0) is 36.2 Å². The van der Waals surface area contributed by atoms with Gasteiger partial charge in [-0.1, -0.05) is 67.2 Å². The van der Waals surface area contributed by atoms with Crippen LogP contribution in [0.25, 0.3) is 22.0 Å². The lowest BCUT2D eigenvalue weighted by molar-refractivity contribution is 0.309. The maximum Gasteiger partial charge on any atom is 0.150 e. The topological polar surface area (TPSA) is 47.9 Å². The average Bonchev–Trinajstić information content (AvgIpc) is 3.13. The zero-order chi connectivity index (χ0) is 21.7. The highest BCUT2D eigenvalue weighted by molar-refractivity contribution is 7.04. The lowest BCUT2D eigenvalue weighted by Gasteiger charge is -2.13. The van der Waals surface area contributed by atoms with Crippen LogP contribution in [0.4, 0.5) is 0 Å². The molecule has 30 heavy (non-hydrogen) atoms. The average molecular weight is 481 g/mol. The maximum absolute atomic E-state index is 6.26. The quantitative estimate of drug-likeness (QED) is 0.297. The molecule has 0 aliphatic rings. The Morgan fingerprint density at radius 3 is 2.37 bits per heavy atom. The van der Waals surface area contributed by atoms with Gasteiger partial charge in [-0.2, -0.15) is 4.37 Å². The Kier molecular flexibility index (Phi) is 7.89. The number of hydrogen-bond donors (Lipinski definition) is 0. The SMILES string of the molecule is CCC.Cc1cc(-c2csnc2Cl)c2cccc(OCc3c(Cl)cncc3Cl)c2n1. The Hall–Kier alpha value is -1.92. The number of para-hydroxylation sites is 1. The molecule has 3 heterocycles. The van der Waals surface area contributed by atoms with Gasteiger partial charge in [0.05, 0.1) is 10.0 Å². The largest absolute Gasteiger partial charge is 0.487 e. The molecule has 3 aromatic heterocycles. The van der Waals surface area contributed by atoms with Crippen molar-refractivity contribution < 1.29 is 4.74 Å². The first-order valence-corrected chi connectivity index (χ1v) is 11.3. The van der Waals surface area contributed by atoms with Crippen LogP contribution >= 0.6 is 46.3 Å². The van der Waals surface area contributed by atoms with Crippen LogP contribution in [0, 0.1) is 6.92 Å². The zero-order valence-electron chi connectivity index (χ0n) is 16.7. The molecule has 0 saturated carbocycles. The molecular formula is C22H20Cl3N3OS. The summed E-state index contributed by atoms with van der Waals surface area (Å²) in [6.45, 7) is 6.40. The van der Waals surface area contributed by atoms with Gasteiger partial charge in [-0.15, -0.1) is 0 Å². The summed E-state index contributed by atoms with van der Waals surface area (Å²) >= 11 is 19.9. The molecule has 0 spiro atoms. The number of fused-ring (bicyclic) bond motifs is 1. The lowest BCUT2D eigenvalue weighted by atomic mass is 10.0. The van der Waals surface area contributed by atoms with Crippen molar-refractivity contribution >= 4 is 57.2 Å². The molecule has 0 radical (unpaired) electrons. The monoisotopic (exact) mass is 479 g/mol. The third-order valence-electron chi connectivity index (χ3n) is 4.07. The van der Waals surface area contributed by atoms with Crippen molar-refractivity contribution in [3.05, 3.63) is 68.5 Å². The molecule has 0 saturated heterocycles. The third kappa shape index (κ3) is 5.03. The van der Waals surface area contributed by atoms with Gasteiger partial charge in [-0.3, -0.25) is 4.98 Å². The van der Waals surface area contributed by atoms with Crippen molar-refractivity contribution in [3.8, 4) is 16.9 Å². The summed E-state index contributed by atoms with van der Waals surface area (Å²) < 4.78 is 10.2. The number of benzene rings is 1. The van der Waals surface area contributed by atoms with E-state index in [0.29, 0.717) is 26.5 Å². The highest BCUT2D eigenvalue weighted by Gasteiger charge is 2.15. The first kappa shape index (κ1) is 22.8. The first-order valence-electron chi connectivity index (χ1n) is 9.37. The van der Waals surface area contributed by atoms with Gasteiger partial charge >= 0.3 is 0 Å². The molecule has 4 aromatic rings. The number of aryl methyl sites for hydroxylation is 1. The van der Waals surface area contributed by atoms with Crippen LogP contribution in [0.2, 0.25) is 15.2 Å². The summed E-state index contributed by atoms with van der Waals surface area (Å²) in [6.07, 6.45) is 4.34. The highest BCUT2D eigenvalue weighted by Crippen LogP contribution is 2.37. The van der Waals surface area contributed by atoms with E-state index in [0.717, 1.165) is 27.7 Å². The first-order chi connectivity index (χ1) is 14.5. The van der Waals surface area contributed by atoms with Crippen molar-refractivity contribution in [1.82, 2.24) is 14.3 Å². The summed E-state index contributed by atoms with van der Waals surface area (Å²) in [5, 5.41) is 4.27. The fourth-order valence-electron chi connectivity index (χ4n) is 2.81. The predicted octanol–water partition coefficient (Wildman–Crippen LogP) is 8.02. The number of hydrogen-bond acceptors (Lipinski definition) is 5. The zero-order valence-corrected chi connectivity index (χ0v) is 19.8. The van der Waals surface area contributed by atoms with E-state index in [1.807, 2.05) is 36.6 Å². The number of aromatic nitrogens is 3. The van der Waals surface area contributed by atoms with E-state index in [1.165, 1.54) is 18.0 Å². The van der Waals surface area contributed by atoms with E-state index in [-0.39, 0.29) is 6.61 Å². The van der Waals surface area contributed by atoms with E-state index >= 15 is 0 Å². The van der Waals surface area contributed by atoms with Gasteiger partial charge in [0.15, 0.2) is 5.15 Å². The number of nitrogens with zero attached hydrogens (tertiary/aromatic N) is 3. The minimum absolute atomic E-state index is 0.213. The van der Waals surface area contributed by atoms with Gasteiger partial charge < -0.3 is 4.74 Å². The molecule has 156 valence electrons. The molecule has 4 nitrogen and oxygen atoms in total. The van der Waals surface area contributed by atoms with Crippen molar-refractivity contribution in [2.75, 3.05) is 0 Å². The summed E-state index contributed by atoms with van der Waals surface area (Å²) in [5.74, 6) is 0.640. The molecule has 0 fully saturated rings. The van der Waals surface area contributed by atoms with Crippen LogP contribution in [0.3, 0.4) is 0 Å². The second-order valence-electron chi connectivity index (χ2n) is 6.56. The fourth-order valence-corrected chi connectivity index (χ4v) is 4.22. The molecule has 0 amide bonds. The van der Waals surface area contributed by atoms with Gasteiger partial charge in [0.2, 0.25) is 0 Å². The molecule has 1 aromatic carbocycles. The fraction of sp³-hybridized carbons (Fsp3) is 0.227. The second-order valence-corrected chi connectivity index (χ2v) is 8.36. The Balaban J connectivity index is 0.000000806. The van der Waals surface area contributed by atoms with Crippen molar-refractivity contribution in [2.45, 2.75) is 33.8 Å². The van der Waals surface area contributed by atoms with E-state index < -0.39 is 0 Å². The van der Waals surface area contributed by atoms with Crippen LogP contribution < -0.4 is 4.74 Å². The summed E-state index contributed by atoms with van der Waals surface area (Å²) in [5.41, 5.74) is 4.14. The molecule has 0 unspecified atom stereocenters. The van der Waals surface area contributed by atoms with Gasteiger partial charge in [0.1, 0.15) is 17.9 Å². The molecule has 0 N–H and O–H groups in total. The second kappa shape index (κ2) is 10.4. The Morgan fingerprint density at radius 2 is 1.73 bits per heavy atom. The predicted molar refractivity (Wildman–Crippen MR) is 127 cm³/mol. The molecule has 4 rings (SSSR count). The van der Waals surface area contributed by atoms with Crippen LogP contribution in [-0.2, 0) is 6.61 Å². The summed E-state index contributed by atoms with van der Waals surface area (Å²) in [4.78, 5) is 8.63. The van der Waals surface area contributed by atoms with Crippen LogP contribution in [-0.4, -0.2) is 14.3 Å². The van der Waals surface area contributed by atoms with Crippen LogP contribution in [0.1, 0.15) is 31.5 Å². The molecule has 8 heteroatoms. The summed E-state index contributed by atoms with van der Waals surface area (Å²) in [6, 6.07) is 7.78. The van der Waals surface area contributed by atoms with Gasteiger partial charge in [-0.25, -0.2) is 4.98 Å². The van der Waals surface area contributed by atoms with Gasteiger partial charge in [0, 0.05) is 40.0 Å². The number of pyridine rings is 2. The van der Waals surface area contributed by atoms with Gasteiger partial charge in [0.25, 0.3) is 0 Å². The third-order valence-corrected chi connectivity index (χ3v) is 5.74. The Bertz CT molecular complexity index is 1140. The smallest absolute Gasteiger partial charge is 0.150 e. The van der Waals surface area contributed by atoms with E-state index in [2.05, 4.69) is 28.2 Å². The van der Waals surface area contributed by atoms with E-state index in [1.54, 1.807) is 12.4 Å². The standard InChI is InChI=1S/C19H12Cl3N3OS.C3H8/c1-10-5-12(14-9-27-25-19(14)22)11-3-2-4-17(18(11)24-10)26-8-13-15(20)6-23-7-16(13)21;1-3-2/h2-7,9H,8H2,1H3;3H2,1-2H3. The van der Waals surface area contributed by atoms with E-state index in [4.69, 9.17) is 39.5 Å². The molecular weight excluding hydrogens is 461 g/mol. The van der Waals surface area contributed by atoms with E-state index in [9.17, 15) is 0 Å². The molecule has 0 bridgehead atoms. The Morgan fingerprint density at radius 1 is 1.03 bits per heavy atom. The summed E-state index contributed by atoms with van der Waals surface area (Å²) in [7, 11) is 0. The molecule has 0 aliphatic carbocycles. The number of ether oxygens (including phenoxy) is 1. The Labute approximate surface area is 195 Å². The van der Waals surface area contributed by atoms with Crippen molar-refractivity contribution in [2.24, 2.45) is 0 Å². The minimum Gasteiger partial charge on any atom is -0.487 e. The normalized spacial score (nSPS) is 10.6.